The topological polar surface area (TPSA) is 59.0 Å². The van der Waals surface area contributed by atoms with Crippen molar-refractivity contribution in [3.05, 3.63) is 0 Å². The molecule has 0 radical (unpaired) electrons. The second kappa shape index (κ2) is 12.2. The van der Waals surface area contributed by atoms with Crippen molar-refractivity contribution < 1.29 is 19.5 Å². The summed E-state index contributed by atoms with van der Waals surface area (Å²) in [7, 11) is 1.39. The summed E-state index contributed by atoms with van der Waals surface area (Å²) >= 11 is 1.98. The zero-order valence-corrected chi connectivity index (χ0v) is 17.3. The van der Waals surface area contributed by atoms with Gasteiger partial charge in [0.2, 0.25) is 5.91 Å². The number of thioether (sulfide) groups is 1. The second-order valence-electron chi connectivity index (χ2n) is 7.70. The first kappa shape index (κ1) is 22.0. The molecule has 2 aliphatic heterocycles. The van der Waals surface area contributed by atoms with E-state index in [0.29, 0.717) is 35.5 Å². The van der Waals surface area contributed by atoms with Crippen LogP contribution in [-0.4, -0.2) is 60.2 Å². The fraction of sp³-hybridized carbons (Fsp3) is 0.950. The van der Waals surface area contributed by atoms with Crippen molar-refractivity contribution in [2.45, 2.75) is 76.9 Å². The summed E-state index contributed by atoms with van der Waals surface area (Å²) in [5, 5.41) is 9.73. The van der Waals surface area contributed by atoms with Crippen LogP contribution in [0.3, 0.4) is 0 Å². The molecule has 0 aromatic heterocycles. The maximum Gasteiger partial charge on any atom is 0.245 e. The van der Waals surface area contributed by atoms with Crippen molar-refractivity contribution in [1.29, 1.82) is 0 Å². The molecular formula is C20H37NO4S. The summed E-state index contributed by atoms with van der Waals surface area (Å²) in [6, 6.07) is 0. The van der Waals surface area contributed by atoms with Gasteiger partial charge in [-0.15, -0.1) is 0 Å². The minimum absolute atomic E-state index is 0.201. The summed E-state index contributed by atoms with van der Waals surface area (Å²) < 4.78 is 12.1. The summed E-state index contributed by atoms with van der Waals surface area (Å²) in [4.78, 5) is 11.3. The van der Waals surface area contributed by atoms with E-state index in [2.05, 4.69) is 6.92 Å². The van der Waals surface area contributed by atoms with Crippen LogP contribution in [0.4, 0.5) is 0 Å². The number of ether oxygens (including phenoxy) is 2. The van der Waals surface area contributed by atoms with Gasteiger partial charge >= 0.3 is 0 Å². The van der Waals surface area contributed by atoms with Crippen molar-refractivity contribution in [3.8, 4) is 0 Å². The quantitative estimate of drug-likeness (QED) is 0.276. The van der Waals surface area contributed by atoms with E-state index in [4.69, 9.17) is 14.7 Å². The van der Waals surface area contributed by atoms with Gasteiger partial charge in [0.05, 0.1) is 18.8 Å². The Hall–Kier alpha value is -0.300. The molecule has 152 valence electrons. The van der Waals surface area contributed by atoms with E-state index >= 15 is 0 Å². The third kappa shape index (κ3) is 7.02. The predicted octanol–water partition coefficient (Wildman–Crippen LogP) is 4.13. The van der Waals surface area contributed by atoms with Gasteiger partial charge in [-0.25, -0.2) is 5.06 Å². The Morgan fingerprint density at radius 2 is 1.92 bits per heavy atom. The molecule has 1 N–H and O–H groups in total. The molecule has 0 aromatic carbocycles. The van der Waals surface area contributed by atoms with Gasteiger partial charge in [-0.1, -0.05) is 26.2 Å². The summed E-state index contributed by atoms with van der Waals surface area (Å²) in [6.07, 6.45) is 10.6. The summed E-state index contributed by atoms with van der Waals surface area (Å²) in [5.41, 5.74) is 0. The molecule has 6 heteroatoms. The molecule has 0 aromatic rings. The average Bonchev–Trinajstić information content (AvgIpc) is 3.22. The van der Waals surface area contributed by atoms with Crippen LogP contribution in [0.2, 0.25) is 0 Å². The first-order valence-corrected chi connectivity index (χ1v) is 11.5. The number of hydrogen-bond acceptors (Lipinski definition) is 5. The van der Waals surface area contributed by atoms with Gasteiger partial charge < -0.3 is 9.47 Å². The fourth-order valence-electron chi connectivity index (χ4n) is 4.04. The lowest BCUT2D eigenvalue weighted by Gasteiger charge is -2.27. The Morgan fingerprint density at radius 1 is 1.15 bits per heavy atom. The van der Waals surface area contributed by atoms with Gasteiger partial charge in [-0.05, 0) is 43.6 Å². The number of carbonyl (C=O) groups is 1. The van der Waals surface area contributed by atoms with E-state index in [9.17, 15) is 4.79 Å². The standard InChI is InChI=1S/C20H37NO4S/c1-3-4-5-7-12-24-14-16-17(19-11-10-18(16)25-19)15-26-13-8-6-9-20(22)21(2)23/h16-19,23H,3-15H2,1-2H3/t16-,17+,18-,19+/m0/s1. The van der Waals surface area contributed by atoms with Crippen LogP contribution < -0.4 is 0 Å². The van der Waals surface area contributed by atoms with Gasteiger partial charge in [0.15, 0.2) is 0 Å². The highest BCUT2D eigenvalue weighted by Gasteiger charge is 2.48. The van der Waals surface area contributed by atoms with Crippen LogP contribution in [0.15, 0.2) is 0 Å². The first-order chi connectivity index (χ1) is 12.6. The molecule has 2 aliphatic rings. The molecule has 4 atom stereocenters. The van der Waals surface area contributed by atoms with Crippen molar-refractivity contribution in [1.82, 2.24) is 5.06 Å². The van der Waals surface area contributed by atoms with Crippen LogP contribution in [-0.2, 0) is 14.3 Å². The largest absolute Gasteiger partial charge is 0.381 e. The van der Waals surface area contributed by atoms with Gasteiger partial charge in [0.1, 0.15) is 0 Å². The van der Waals surface area contributed by atoms with Crippen LogP contribution in [0.25, 0.3) is 0 Å². The van der Waals surface area contributed by atoms with E-state index in [1.165, 1.54) is 45.6 Å². The number of hydrogen-bond donors (Lipinski definition) is 1. The third-order valence-electron chi connectivity index (χ3n) is 5.64. The molecule has 2 bridgehead atoms. The molecule has 5 nitrogen and oxygen atoms in total. The van der Waals surface area contributed by atoms with Crippen molar-refractivity contribution in [3.63, 3.8) is 0 Å². The molecule has 26 heavy (non-hydrogen) atoms. The average molecular weight is 388 g/mol. The molecule has 1 amide bonds. The lowest BCUT2D eigenvalue weighted by atomic mass is 9.81. The maximum absolute atomic E-state index is 11.3. The first-order valence-electron chi connectivity index (χ1n) is 10.4. The summed E-state index contributed by atoms with van der Waals surface area (Å²) in [5.74, 6) is 3.20. The van der Waals surface area contributed by atoms with Crippen molar-refractivity contribution in [2.75, 3.05) is 31.8 Å². The number of fused-ring (bicyclic) bond motifs is 2. The van der Waals surface area contributed by atoms with E-state index < -0.39 is 0 Å². The highest BCUT2D eigenvalue weighted by Crippen LogP contribution is 2.44. The van der Waals surface area contributed by atoms with Crippen LogP contribution in [0, 0.1) is 11.8 Å². The van der Waals surface area contributed by atoms with E-state index in [1.807, 2.05) is 11.8 Å². The smallest absolute Gasteiger partial charge is 0.245 e. The highest BCUT2D eigenvalue weighted by molar-refractivity contribution is 7.99. The van der Waals surface area contributed by atoms with Gasteiger partial charge in [0.25, 0.3) is 0 Å². The second-order valence-corrected chi connectivity index (χ2v) is 8.85. The zero-order chi connectivity index (χ0) is 18.8. The summed E-state index contributed by atoms with van der Waals surface area (Å²) in [6.45, 7) is 3.98. The van der Waals surface area contributed by atoms with E-state index in [1.54, 1.807) is 0 Å². The van der Waals surface area contributed by atoms with E-state index in [0.717, 1.165) is 37.6 Å². The number of amides is 1. The minimum atomic E-state index is -0.201. The molecule has 2 fully saturated rings. The molecule has 0 unspecified atom stereocenters. The molecule has 0 aliphatic carbocycles. The van der Waals surface area contributed by atoms with Crippen LogP contribution in [0.5, 0.6) is 0 Å². The fourth-order valence-corrected chi connectivity index (χ4v) is 5.35. The van der Waals surface area contributed by atoms with Gasteiger partial charge in [-0.2, -0.15) is 11.8 Å². The van der Waals surface area contributed by atoms with Crippen LogP contribution in [0.1, 0.15) is 64.7 Å². The van der Waals surface area contributed by atoms with Crippen molar-refractivity contribution in [2.24, 2.45) is 11.8 Å². The normalized spacial score (nSPS) is 27.2. The molecular weight excluding hydrogens is 350 g/mol. The monoisotopic (exact) mass is 387 g/mol. The number of rotatable bonds is 14. The Labute approximate surface area is 163 Å². The zero-order valence-electron chi connectivity index (χ0n) is 16.5. The lowest BCUT2D eigenvalue weighted by Crippen LogP contribution is -2.32. The molecule has 0 saturated carbocycles. The molecule has 2 saturated heterocycles. The predicted molar refractivity (Wildman–Crippen MR) is 106 cm³/mol. The number of carbonyl (C=O) groups excluding carboxylic acids is 1. The van der Waals surface area contributed by atoms with Gasteiger partial charge in [-0.3, -0.25) is 10.0 Å². The Kier molecular flexibility index (Phi) is 10.3. The van der Waals surface area contributed by atoms with Gasteiger partial charge in [0, 0.05) is 31.9 Å². The van der Waals surface area contributed by atoms with Crippen molar-refractivity contribution >= 4 is 17.7 Å². The molecule has 2 heterocycles. The maximum atomic E-state index is 11.3. The SMILES string of the molecule is CCCCCCOC[C@H]1[C@@H](CSCCCCC(=O)N(C)O)[C@H]2CC[C@@H]1O2. The third-order valence-corrected chi connectivity index (χ3v) is 6.84. The number of unbranched alkanes of at least 4 members (excludes halogenated alkanes) is 4. The minimum Gasteiger partial charge on any atom is -0.381 e. The molecule has 0 spiro atoms. The Morgan fingerprint density at radius 3 is 2.65 bits per heavy atom. The lowest BCUT2D eigenvalue weighted by molar-refractivity contribution is -0.159. The number of nitrogens with zero attached hydrogens (tertiary/aromatic N) is 1. The van der Waals surface area contributed by atoms with E-state index in [-0.39, 0.29) is 5.91 Å². The Balaban J connectivity index is 1.58. The Bertz CT molecular complexity index is 407. The highest BCUT2D eigenvalue weighted by atomic mass is 32.2. The molecule has 2 rings (SSSR count). The van der Waals surface area contributed by atoms with Crippen LogP contribution >= 0.6 is 11.8 Å². The number of hydroxylamine groups is 2.